The summed E-state index contributed by atoms with van der Waals surface area (Å²) in [6, 6.07) is 10.5. The molecule has 1 aliphatic rings. The van der Waals surface area contributed by atoms with Crippen LogP contribution in [0.5, 0.6) is 0 Å². The van der Waals surface area contributed by atoms with Gasteiger partial charge in [0.2, 0.25) is 0 Å². The number of benzene rings is 1. The van der Waals surface area contributed by atoms with E-state index in [1.54, 1.807) is 30.5 Å². The Bertz CT molecular complexity index is 687. The molecule has 6 nitrogen and oxygen atoms in total. The van der Waals surface area contributed by atoms with Gasteiger partial charge in [-0.15, -0.1) is 0 Å². The van der Waals surface area contributed by atoms with E-state index in [9.17, 15) is 4.79 Å². The van der Waals surface area contributed by atoms with Crippen LogP contribution >= 0.6 is 11.6 Å². The highest BCUT2D eigenvalue weighted by atomic mass is 35.5. The molecule has 1 aromatic heterocycles. The Morgan fingerprint density at radius 3 is 2.71 bits per heavy atom. The van der Waals surface area contributed by atoms with Gasteiger partial charge in [-0.2, -0.15) is 0 Å². The quantitative estimate of drug-likeness (QED) is 0.893. The van der Waals surface area contributed by atoms with E-state index in [2.05, 4.69) is 20.5 Å². The van der Waals surface area contributed by atoms with Crippen LogP contribution in [0.15, 0.2) is 42.6 Å². The van der Waals surface area contributed by atoms with Crippen molar-refractivity contribution in [1.29, 1.82) is 0 Å². The third-order valence-electron chi connectivity index (χ3n) is 3.72. The summed E-state index contributed by atoms with van der Waals surface area (Å²) in [6.45, 7) is 3.41. The molecule has 2 aromatic rings. The highest BCUT2D eigenvalue weighted by Gasteiger charge is 2.16. The number of anilines is 2. The Morgan fingerprint density at radius 1 is 1.21 bits per heavy atom. The van der Waals surface area contributed by atoms with E-state index in [1.165, 1.54) is 0 Å². The zero-order valence-electron chi connectivity index (χ0n) is 13.2. The first-order valence-electron chi connectivity index (χ1n) is 7.79. The molecule has 1 aliphatic heterocycles. The zero-order valence-corrected chi connectivity index (χ0v) is 13.9. The van der Waals surface area contributed by atoms with Crippen molar-refractivity contribution in [3.8, 4) is 0 Å². The molecule has 126 valence electrons. The average Bonchev–Trinajstić information content (AvgIpc) is 2.63. The lowest BCUT2D eigenvalue weighted by Crippen LogP contribution is -2.38. The van der Waals surface area contributed by atoms with Gasteiger partial charge >= 0.3 is 6.03 Å². The molecule has 2 amide bonds. The molecule has 1 saturated heterocycles. The smallest absolute Gasteiger partial charge is 0.319 e. The minimum absolute atomic E-state index is 0.269. The minimum Gasteiger partial charge on any atom is -0.378 e. The van der Waals surface area contributed by atoms with Gasteiger partial charge in [0.25, 0.3) is 0 Å². The second-order valence-electron chi connectivity index (χ2n) is 5.40. The van der Waals surface area contributed by atoms with E-state index in [0.29, 0.717) is 30.5 Å². The Kier molecular flexibility index (Phi) is 5.51. The normalized spacial score (nSPS) is 14.3. The molecule has 0 unspecified atom stereocenters. The monoisotopic (exact) mass is 346 g/mol. The van der Waals surface area contributed by atoms with Crippen LogP contribution < -0.4 is 15.5 Å². The molecule has 0 saturated carbocycles. The number of nitrogens with one attached hydrogen (secondary N) is 2. The molecule has 24 heavy (non-hydrogen) atoms. The molecule has 2 N–H and O–H groups in total. The molecule has 0 radical (unpaired) electrons. The van der Waals surface area contributed by atoms with Crippen molar-refractivity contribution in [2.75, 3.05) is 36.5 Å². The predicted octanol–water partition coefficient (Wildman–Crippen LogP) is 2.89. The number of nitrogens with zero attached hydrogens (tertiary/aromatic N) is 2. The molecule has 1 aromatic carbocycles. The molecule has 0 aliphatic carbocycles. The van der Waals surface area contributed by atoms with E-state index < -0.39 is 0 Å². The second-order valence-corrected chi connectivity index (χ2v) is 5.84. The van der Waals surface area contributed by atoms with Gasteiger partial charge in [-0.3, -0.25) is 0 Å². The molecule has 0 spiro atoms. The number of hydrogen-bond donors (Lipinski definition) is 2. The Labute approximate surface area is 145 Å². The van der Waals surface area contributed by atoms with Gasteiger partial charge in [-0.05, 0) is 30.3 Å². The number of carbonyl (C=O) groups is 1. The summed E-state index contributed by atoms with van der Waals surface area (Å²) in [7, 11) is 0. The minimum atomic E-state index is -0.269. The number of pyridine rings is 1. The first kappa shape index (κ1) is 16.5. The Morgan fingerprint density at radius 2 is 1.96 bits per heavy atom. The highest BCUT2D eigenvalue weighted by Crippen LogP contribution is 2.18. The van der Waals surface area contributed by atoms with Crippen LogP contribution in [0.4, 0.5) is 16.3 Å². The fourth-order valence-electron chi connectivity index (χ4n) is 2.51. The summed E-state index contributed by atoms with van der Waals surface area (Å²) < 4.78 is 5.38. The standard InChI is InChI=1S/C17H19ClN4O2/c18-14-3-5-15(6-4-14)21-17(23)20-12-13-2-1-7-19-16(13)22-8-10-24-11-9-22/h1-7H,8-12H2,(H2,20,21,23). The van der Waals surface area contributed by atoms with E-state index in [1.807, 2.05) is 12.1 Å². The van der Waals surface area contributed by atoms with Gasteiger partial charge in [0.15, 0.2) is 0 Å². The van der Waals surface area contributed by atoms with E-state index >= 15 is 0 Å². The number of rotatable bonds is 4. The largest absolute Gasteiger partial charge is 0.378 e. The number of morpholine rings is 1. The highest BCUT2D eigenvalue weighted by molar-refractivity contribution is 6.30. The van der Waals surface area contributed by atoms with Crippen molar-refractivity contribution in [1.82, 2.24) is 10.3 Å². The summed E-state index contributed by atoms with van der Waals surface area (Å²) in [5.41, 5.74) is 1.67. The molecule has 2 heterocycles. The summed E-state index contributed by atoms with van der Waals surface area (Å²) in [5, 5.41) is 6.27. The molecular formula is C17H19ClN4O2. The number of halogens is 1. The maximum Gasteiger partial charge on any atom is 0.319 e. The van der Waals surface area contributed by atoms with Gasteiger partial charge < -0.3 is 20.3 Å². The molecule has 3 rings (SSSR count). The van der Waals surface area contributed by atoms with Crippen LogP contribution in [0.2, 0.25) is 5.02 Å². The van der Waals surface area contributed by atoms with E-state index in [0.717, 1.165) is 24.5 Å². The SMILES string of the molecule is O=C(NCc1cccnc1N1CCOCC1)Nc1ccc(Cl)cc1. The van der Waals surface area contributed by atoms with Crippen LogP contribution in [0.1, 0.15) is 5.56 Å². The fourth-order valence-corrected chi connectivity index (χ4v) is 2.64. The lowest BCUT2D eigenvalue weighted by atomic mass is 10.2. The third kappa shape index (κ3) is 4.37. The number of urea groups is 1. The zero-order chi connectivity index (χ0) is 16.8. The van der Waals surface area contributed by atoms with Gasteiger partial charge in [-0.25, -0.2) is 9.78 Å². The summed E-state index contributed by atoms with van der Waals surface area (Å²) >= 11 is 5.83. The van der Waals surface area contributed by atoms with Crippen molar-refractivity contribution in [2.24, 2.45) is 0 Å². The summed E-state index contributed by atoms with van der Waals surface area (Å²) in [4.78, 5) is 18.7. The van der Waals surface area contributed by atoms with Crippen molar-refractivity contribution < 1.29 is 9.53 Å². The fraction of sp³-hybridized carbons (Fsp3) is 0.294. The topological polar surface area (TPSA) is 66.5 Å². The van der Waals surface area contributed by atoms with Crippen LogP contribution in [-0.4, -0.2) is 37.3 Å². The molecule has 7 heteroatoms. The molecule has 0 atom stereocenters. The van der Waals surface area contributed by atoms with Gasteiger partial charge in [-0.1, -0.05) is 17.7 Å². The lowest BCUT2D eigenvalue weighted by Gasteiger charge is -2.29. The molecule has 0 bridgehead atoms. The van der Waals surface area contributed by atoms with Crippen molar-refractivity contribution in [3.05, 3.63) is 53.2 Å². The Hall–Kier alpha value is -2.31. The maximum absolute atomic E-state index is 12.0. The number of carbonyl (C=O) groups excluding carboxylic acids is 1. The van der Waals surface area contributed by atoms with E-state index in [4.69, 9.17) is 16.3 Å². The van der Waals surface area contributed by atoms with Crippen molar-refractivity contribution >= 4 is 29.1 Å². The maximum atomic E-state index is 12.0. The first-order valence-corrected chi connectivity index (χ1v) is 8.17. The second kappa shape index (κ2) is 7.99. The summed E-state index contributed by atoms with van der Waals surface area (Å²) in [5.74, 6) is 0.896. The van der Waals surface area contributed by atoms with Crippen molar-refractivity contribution in [3.63, 3.8) is 0 Å². The lowest BCUT2D eigenvalue weighted by molar-refractivity contribution is 0.122. The first-order chi connectivity index (χ1) is 11.7. The van der Waals surface area contributed by atoms with Crippen LogP contribution in [-0.2, 0) is 11.3 Å². The Balaban J connectivity index is 1.59. The number of amides is 2. The number of hydrogen-bond acceptors (Lipinski definition) is 4. The van der Waals surface area contributed by atoms with Crippen LogP contribution in [0.25, 0.3) is 0 Å². The van der Waals surface area contributed by atoms with Crippen molar-refractivity contribution in [2.45, 2.75) is 6.54 Å². The number of ether oxygens (including phenoxy) is 1. The van der Waals surface area contributed by atoms with Gasteiger partial charge in [0.1, 0.15) is 5.82 Å². The summed E-state index contributed by atoms with van der Waals surface area (Å²) in [6.07, 6.45) is 1.77. The van der Waals surface area contributed by atoms with E-state index in [-0.39, 0.29) is 6.03 Å². The number of aromatic nitrogens is 1. The van der Waals surface area contributed by atoms with Gasteiger partial charge in [0.05, 0.1) is 13.2 Å². The molecule has 1 fully saturated rings. The van der Waals surface area contributed by atoms with Crippen LogP contribution in [0, 0.1) is 0 Å². The molecular weight excluding hydrogens is 328 g/mol. The van der Waals surface area contributed by atoms with Crippen LogP contribution in [0.3, 0.4) is 0 Å². The predicted molar refractivity (Wildman–Crippen MR) is 94.6 cm³/mol. The van der Waals surface area contributed by atoms with Gasteiger partial charge in [0, 0.05) is 42.1 Å². The third-order valence-corrected chi connectivity index (χ3v) is 3.97. The average molecular weight is 347 g/mol.